The lowest BCUT2D eigenvalue weighted by molar-refractivity contribution is -0.132. The van der Waals surface area contributed by atoms with E-state index < -0.39 is 17.7 Å². The third-order valence-corrected chi connectivity index (χ3v) is 8.21. The van der Waals surface area contributed by atoms with Crippen molar-refractivity contribution in [1.29, 1.82) is 0 Å². The Hall–Kier alpha value is -3.69. The number of hydrogen-bond acceptors (Lipinski definition) is 7. The number of hydrogen-bond donors (Lipinski definition) is 1. The maximum Gasteiger partial charge on any atom is 0.301 e. The van der Waals surface area contributed by atoms with Gasteiger partial charge in [-0.25, -0.2) is 4.98 Å². The predicted molar refractivity (Wildman–Crippen MR) is 150 cm³/mol. The van der Waals surface area contributed by atoms with E-state index in [0.717, 1.165) is 20.5 Å². The SMILES string of the molecule is CCOc1ccc2nc(N3C(=O)C(=O)/C(=C(/O)c4ccc5c(c4)C[C@@H](C)O5)[C@H]3c3ccc(Br)cc3)sc2c1. The molecule has 4 aromatic rings. The Balaban J connectivity index is 1.50. The molecule has 3 heterocycles. The van der Waals surface area contributed by atoms with Crippen molar-refractivity contribution in [2.24, 2.45) is 0 Å². The van der Waals surface area contributed by atoms with Crippen molar-refractivity contribution in [2.75, 3.05) is 11.5 Å². The fourth-order valence-corrected chi connectivity index (χ4v) is 6.25. The lowest BCUT2D eigenvalue weighted by Gasteiger charge is -2.23. The number of ketones is 1. The van der Waals surface area contributed by atoms with Crippen molar-refractivity contribution in [2.45, 2.75) is 32.4 Å². The van der Waals surface area contributed by atoms with E-state index in [1.807, 2.05) is 62.4 Å². The van der Waals surface area contributed by atoms with Crippen molar-refractivity contribution in [3.8, 4) is 11.5 Å². The fourth-order valence-electron chi connectivity index (χ4n) is 4.97. The minimum Gasteiger partial charge on any atom is -0.507 e. The molecular formula is C29H23BrN2O5S. The molecule has 2 aliphatic heterocycles. The summed E-state index contributed by atoms with van der Waals surface area (Å²) in [6, 6.07) is 17.4. The molecule has 38 heavy (non-hydrogen) atoms. The van der Waals surface area contributed by atoms with Crippen LogP contribution in [0.5, 0.6) is 11.5 Å². The van der Waals surface area contributed by atoms with Crippen molar-refractivity contribution in [3.05, 3.63) is 87.4 Å². The number of carbonyl (C=O) groups is 2. The smallest absolute Gasteiger partial charge is 0.301 e. The maximum absolute atomic E-state index is 13.5. The minimum absolute atomic E-state index is 0.0264. The Labute approximate surface area is 231 Å². The summed E-state index contributed by atoms with van der Waals surface area (Å²) in [7, 11) is 0. The standard InChI is InChI=1S/C29H23BrN2O5S/c1-3-36-20-9-10-21-23(14-20)38-29(31-21)32-25(16-4-7-19(30)8-5-16)24(27(34)28(32)35)26(33)17-6-11-22-18(13-17)12-15(2)37-22/h4-11,13-15,25,33H,3,12H2,1-2H3/b26-24+/t15-,25-/m1/s1. The van der Waals surface area contributed by atoms with E-state index in [2.05, 4.69) is 20.9 Å². The molecule has 1 fully saturated rings. The summed E-state index contributed by atoms with van der Waals surface area (Å²) >= 11 is 4.75. The second kappa shape index (κ2) is 9.56. The molecule has 0 bridgehead atoms. The first-order valence-corrected chi connectivity index (χ1v) is 13.8. The van der Waals surface area contributed by atoms with Gasteiger partial charge in [0.25, 0.3) is 5.78 Å². The molecule has 0 aliphatic carbocycles. The zero-order chi connectivity index (χ0) is 26.6. The van der Waals surface area contributed by atoms with Crippen molar-refractivity contribution in [1.82, 2.24) is 4.98 Å². The van der Waals surface area contributed by atoms with Crippen LogP contribution in [0.2, 0.25) is 0 Å². The quantitative estimate of drug-likeness (QED) is 0.164. The Kier molecular flexibility index (Phi) is 6.20. The number of aliphatic hydroxyl groups excluding tert-OH is 1. The molecule has 2 atom stereocenters. The summed E-state index contributed by atoms with van der Waals surface area (Å²) in [6.45, 7) is 4.42. The number of ether oxygens (including phenoxy) is 2. The maximum atomic E-state index is 13.5. The van der Waals surface area contributed by atoms with E-state index in [9.17, 15) is 14.7 Å². The van der Waals surface area contributed by atoms with Crippen LogP contribution >= 0.6 is 27.3 Å². The predicted octanol–water partition coefficient (Wildman–Crippen LogP) is 6.41. The van der Waals surface area contributed by atoms with Gasteiger partial charge >= 0.3 is 5.91 Å². The first-order valence-electron chi connectivity index (χ1n) is 12.2. The van der Waals surface area contributed by atoms with Gasteiger partial charge in [0, 0.05) is 16.5 Å². The average Bonchev–Trinajstić information content (AvgIpc) is 3.56. The second-order valence-electron chi connectivity index (χ2n) is 9.23. The highest BCUT2D eigenvalue weighted by Gasteiger charge is 2.48. The zero-order valence-corrected chi connectivity index (χ0v) is 23.0. The summed E-state index contributed by atoms with van der Waals surface area (Å²) in [5, 5.41) is 11.9. The Morgan fingerprint density at radius 2 is 1.95 bits per heavy atom. The number of aromatic nitrogens is 1. The number of carbonyl (C=O) groups excluding carboxylic acids is 2. The lowest BCUT2D eigenvalue weighted by atomic mass is 9.94. The van der Waals surface area contributed by atoms with Crippen molar-refractivity contribution in [3.63, 3.8) is 0 Å². The third-order valence-electron chi connectivity index (χ3n) is 6.67. The average molecular weight is 591 g/mol. The number of fused-ring (bicyclic) bond motifs is 2. The molecule has 1 N–H and O–H groups in total. The monoisotopic (exact) mass is 590 g/mol. The minimum atomic E-state index is -0.849. The summed E-state index contributed by atoms with van der Waals surface area (Å²) < 4.78 is 13.1. The molecule has 0 radical (unpaired) electrons. The number of rotatable bonds is 5. The number of nitrogens with zero attached hydrogens (tertiary/aromatic N) is 2. The van der Waals surface area contributed by atoms with Crippen LogP contribution in [0.1, 0.15) is 36.6 Å². The van der Waals surface area contributed by atoms with Gasteiger partial charge in [-0.3, -0.25) is 14.5 Å². The highest BCUT2D eigenvalue weighted by atomic mass is 79.9. The number of amides is 1. The van der Waals surface area contributed by atoms with E-state index >= 15 is 0 Å². The Bertz CT molecular complexity index is 1630. The first kappa shape index (κ1) is 24.6. The fraction of sp³-hybridized carbons (Fsp3) is 0.207. The van der Waals surface area contributed by atoms with Crippen LogP contribution in [0.25, 0.3) is 16.0 Å². The van der Waals surface area contributed by atoms with Gasteiger partial charge in [-0.15, -0.1) is 0 Å². The van der Waals surface area contributed by atoms with Crippen LogP contribution < -0.4 is 14.4 Å². The molecule has 9 heteroatoms. The van der Waals surface area contributed by atoms with Crippen molar-refractivity contribution >= 4 is 60.1 Å². The van der Waals surface area contributed by atoms with Gasteiger partial charge < -0.3 is 14.6 Å². The van der Waals surface area contributed by atoms with Crippen LogP contribution in [0.15, 0.2) is 70.7 Å². The highest BCUT2D eigenvalue weighted by molar-refractivity contribution is 9.10. The molecule has 0 spiro atoms. The number of anilines is 1. The first-order chi connectivity index (χ1) is 18.3. The van der Waals surface area contributed by atoms with Crippen molar-refractivity contribution < 1.29 is 24.2 Å². The van der Waals surface area contributed by atoms with Gasteiger partial charge in [-0.2, -0.15) is 0 Å². The van der Waals surface area contributed by atoms with Crippen LogP contribution in [0.4, 0.5) is 5.13 Å². The number of aliphatic hydroxyl groups is 1. The van der Waals surface area contributed by atoms with Crippen LogP contribution in [-0.2, 0) is 16.0 Å². The molecule has 3 aromatic carbocycles. The highest BCUT2D eigenvalue weighted by Crippen LogP contribution is 2.45. The molecule has 6 rings (SSSR count). The molecular weight excluding hydrogens is 568 g/mol. The molecule has 0 unspecified atom stereocenters. The number of halogens is 1. The Morgan fingerprint density at radius 1 is 1.16 bits per heavy atom. The summed E-state index contributed by atoms with van der Waals surface area (Å²) in [6.07, 6.45) is 0.745. The molecule has 7 nitrogen and oxygen atoms in total. The van der Waals surface area contributed by atoms with Gasteiger partial charge in [0.2, 0.25) is 0 Å². The molecule has 192 valence electrons. The van der Waals surface area contributed by atoms with Gasteiger partial charge in [-0.1, -0.05) is 39.4 Å². The topological polar surface area (TPSA) is 89.0 Å². The Morgan fingerprint density at radius 3 is 2.71 bits per heavy atom. The third kappa shape index (κ3) is 4.16. The number of benzene rings is 3. The van der Waals surface area contributed by atoms with Gasteiger partial charge in [-0.05, 0) is 73.5 Å². The summed E-state index contributed by atoms with van der Waals surface area (Å²) in [5.41, 5.74) is 2.82. The molecule has 1 aromatic heterocycles. The van der Waals surface area contributed by atoms with Gasteiger partial charge in [0.1, 0.15) is 23.4 Å². The van der Waals surface area contributed by atoms with E-state index in [4.69, 9.17) is 9.47 Å². The number of thiazole rings is 1. The normalized spacial score (nSPS) is 20.1. The number of Topliss-reactive ketones (excluding diaryl/α,β-unsaturated/α-hetero) is 1. The van der Waals surface area contributed by atoms with Gasteiger partial charge in [0.05, 0.1) is 28.4 Å². The zero-order valence-electron chi connectivity index (χ0n) is 20.6. The van der Waals surface area contributed by atoms with E-state index in [-0.39, 0.29) is 17.4 Å². The molecule has 1 saturated heterocycles. The molecule has 2 aliphatic rings. The second-order valence-corrected chi connectivity index (χ2v) is 11.2. The van der Waals surface area contributed by atoms with Gasteiger partial charge in [0.15, 0.2) is 5.13 Å². The van der Waals surface area contributed by atoms with Crippen LogP contribution in [0.3, 0.4) is 0 Å². The van der Waals surface area contributed by atoms with Crippen LogP contribution in [-0.4, -0.2) is 34.5 Å². The molecule has 0 saturated carbocycles. The summed E-state index contributed by atoms with van der Waals surface area (Å²) in [4.78, 5) is 33.1. The van der Waals surface area contributed by atoms with Crippen LogP contribution in [0, 0.1) is 0 Å². The molecule has 1 amide bonds. The lowest BCUT2D eigenvalue weighted by Crippen LogP contribution is -2.29. The van der Waals surface area contributed by atoms with E-state index in [1.165, 1.54) is 16.2 Å². The van der Waals surface area contributed by atoms with E-state index in [1.54, 1.807) is 12.1 Å². The largest absolute Gasteiger partial charge is 0.507 e. The summed E-state index contributed by atoms with van der Waals surface area (Å²) in [5.74, 6) is -0.242. The van der Waals surface area contributed by atoms with E-state index in [0.29, 0.717) is 40.6 Å².